The molecule has 0 saturated heterocycles. The molecule has 1 atom stereocenters. The van der Waals surface area contributed by atoms with Gasteiger partial charge >= 0.3 is 0 Å². The molecule has 0 bridgehead atoms. The first-order chi connectivity index (χ1) is 15.1. The van der Waals surface area contributed by atoms with Crippen LogP contribution in [0.1, 0.15) is 44.8 Å². The lowest BCUT2D eigenvalue weighted by Crippen LogP contribution is -2.30. The maximum Gasteiger partial charge on any atom is 0.255 e. The van der Waals surface area contributed by atoms with Crippen molar-refractivity contribution in [2.45, 2.75) is 24.8 Å². The Hall–Kier alpha value is -3.49. The first kappa shape index (κ1) is 23.2. The summed E-state index contributed by atoms with van der Waals surface area (Å²) in [5, 5.41) is 8.08. The smallest absolute Gasteiger partial charge is 0.255 e. The summed E-state index contributed by atoms with van der Waals surface area (Å²) in [7, 11) is -2.21. The molecule has 0 spiro atoms. The standard InChI is InChI=1S/C24H25N3O4S/c1-16-12-13-20(15-22(16)26-23(28)18-8-5-4-6-9-18)24(29)27(3)17(2)19-10-7-11-21(14-19)32(25,30)31/h4-15,17H,1-3H3,(H,26,28)(H2,25,30,31). The third-order valence-electron chi connectivity index (χ3n) is 5.34. The summed E-state index contributed by atoms with van der Waals surface area (Å²) in [6, 6.07) is 19.7. The molecule has 0 aromatic heterocycles. The van der Waals surface area contributed by atoms with Gasteiger partial charge in [-0.2, -0.15) is 0 Å². The average molecular weight is 452 g/mol. The van der Waals surface area contributed by atoms with Crippen LogP contribution < -0.4 is 10.5 Å². The van der Waals surface area contributed by atoms with Crippen LogP contribution in [-0.2, 0) is 10.0 Å². The molecule has 0 saturated carbocycles. The lowest BCUT2D eigenvalue weighted by Gasteiger charge is -2.26. The summed E-state index contributed by atoms with van der Waals surface area (Å²) in [6.07, 6.45) is 0. The van der Waals surface area contributed by atoms with Gasteiger partial charge in [0, 0.05) is 23.9 Å². The van der Waals surface area contributed by atoms with E-state index in [1.165, 1.54) is 17.0 Å². The van der Waals surface area contributed by atoms with Gasteiger partial charge in [-0.25, -0.2) is 13.6 Å². The minimum Gasteiger partial charge on any atom is -0.335 e. The molecule has 7 nitrogen and oxygen atoms in total. The zero-order chi connectivity index (χ0) is 23.5. The fourth-order valence-electron chi connectivity index (χ4n) is 3.23. The van der Waals surface area contributed by atoms with E-state index in [1.54, 1.807) is 68.6 Å². The van der Waals surface area contributed by atoms with Crippen LogP contribution in [0.2, 0.25) is 0 Å². The molecule has 0 aliphatic carbocycles. The second kappa shape index (κ2) is 9.33. The van der Waals surface area contributed by atoms with Crippen LogP contribution in [0.5, 0.6) is 0 Å². The van der Waals surface area contributed by atoms with Crippen LogP contribution in [0.4, 0.5) is 5.69 Å². The number of benzene rings is 3. The van der Waals surface area contributed by atoms with Gasteiger partial charge < -0.3 is 10.2 Å². The number of carbonyl (C=O) groups excluding carboxylic acids is 2. The Morgan fingerprint density at radius 1 is 0.938 bits per heavy atom. The van der Waals surface area contributed by atoms with Crippen LogP contribution in [0.15, 0.2) is 77.7 Å². The molecule has 0 aliphatic heterocycles. The van der Waals surface area contributed by atoms with Crippen molar-refractivity contribution in [3.63, 3.8) is 0 Å². The molecule has 0 aliphatic rings. The van der Waals surface area contributed by atoms with E-state index in [9.17, 15) is 18.0 Å². The molecule has 3 aromatic rings. The summed E-state index contributed by atoms with van der Waals surface area (Å²) in [6.45, 7) is 3.65. The number of carbonyl (C=O) groups is 2. The first-order valence-electron chi connectivity index (χ1n) is 9.95. The minimum absolute atomic E-state index is 0.0102. The lowest BCUT2D eigenvalue weighted by atomic mass is 10.0. The fraction of sp³-hybridized carbons (Fsp3) is 0.167. The molecular weight excluding hydrogens is 426 g/mol. The molecule has 1 unspecified atom stereocenters. The molecule has 0 heterocycles. The van der Waals surface area contributed by atoms with E-state index in [0.717, 1.165) is 5.56 Å². The van der Waals surface area contributed by atoms with Crippen LogP contribution in [0, 0.1) is 6.92 Å². The molecular formula is C24H25N3O4S. The minimum atomic E-state index is -3.85. The van der Waals surface area contributed by atoms with Gasteiger partial charge in [-0.1, -0.05) is 36.4 Å². The van der Waals surface area contributed by atoms with Crippen molar-refractivity contribution in [1.29, 1.82) is 0 Å². The molecule has 8 heteroatoms. The lowest BCUT2D eigenvalue weighted by molar-refractivity contribution is 0.0742. The molecule has 2 amide bonds. The molecule has 32 heavy (non-hydrogen) atoms. The van der Waals surface area contributed by atoms with E-state index in [-0.39, 0.29) is 16.7 Å². The van der Waals surface area contributed by atoms with Crippen molar-refractivity contribution in [2.75, 3.05) is 12.4 Å². The number of nitrogens with zero attached hydrogens (tertiary/aromatic N) is 1. The molecule has 0 fully saturated rings. The Kier molecular flexibility index (Phi) is 6.76. The van der Waals surface area contributed by atoms with Gasteiger partial charge in [0.25, 0.3) is 11.8 Å². The second-order valence-corrected chi connectivity index (χ2v) is 9.12. The van der Waals surface area contributed by atoms with Crippen LogP contribution in [0.25, 0.3) is 0 Å². The maximum atomic E-state index is 13.1. The highest BCUT2D eigenvalue weighted by Crippen LogP contribution is 2.25. The van der Waals surface area contributed by atoms with Crippen molar-refractivity contribution < 1.29 is 18.0 Å². The SMILES string of the molecule is Cc1ccc(C(=O)N(C)C(C)c2cccc(S(N)(=O)=O)c2)cc1NC(=O)c1ccccc1. The number of aryl methyl sites for hydroxylation is 1. The quantitative estimate of drug-likeness (QED) is 0.595. The van der Waals surface area contributed by atoms with Gasteiger partial charge in [0.1, 0.15) is 0 Å². The summed E-state index contributed by atoms with van der Waals surface area (Å²) in [5.74, 6) is -0.534. The Morgan fingerprint density at radius 2 is 1.62 bits per heavy atom. The highest BCUT2D eigenvalue weighted by Gasteiger charge is 2.21. The normalized spacial score (nSPS) is 12.1. The third kappa shape index (κ3) is 5.22. The molecule has 3 rings (SSSR count). The van der Waals surface area contributed by atoms with Crippen molar-refractivity contribution in [3.8, 4) is 0 Å². The van der Waals surface area contributed by atoms with Crippen LogP contribution in [0.3, 0.4) is 0 Å². The zero-order valence-electron chi connectivity index (χ0n) is 18.1. The maximum absolute atomic E-state index is 13.1. The number of primary sulfonamides is 1. The van der Waals surface area contributed by atoms with Gasteiger partial charge in [0.05, 0.1) is 10.9 Å². The summed E-state index contributed by atoms with van der Waals surface area (Å²) >= 11 is 0. The van der Waals surface area contributed by atoms with E-state index in [2.05, 4.69) is 5.32 Å². The van der Waals surface area contributed by atoms with Crippen molar-refractivity contribution in [1.82, 2.24) is 4.90 Å². The zero-order valence-corrected chi connectivity index (χ0v) is 18.9. The number of nitrogens with two attached hydrogens (primary N) is 1. The predicted molar refractivity (Wildman–Crippen MR) is 124 cm³/mol. The van der Waals surface area contributed by atoms with E-state index in [4.69, 9.17) is 5.14 Å². The Balaban J connectivity index is 1.83. The van der Waals surface area contributed by atoms with Crippen molar-refractivity contribution in [3.05, 3.63) is 95.1 Å². The Morgan fingerprint density at radius 3 is 2.28 bits per heavy atom. The average Bonchev–Trinajstić information content (AvgIpc) is 2.79. The van der Waals surface area contributed by atoms with Crippen LogP contribution >= 0.6 is 0 Å². The van der Waals surface area contributed by atoms with E-state index < -0.39 is 16.1 Å². The fourth-order valence-corrected chi connectivity index (χ4v) is 3.80. The van der Waals surface area contributed by atoms with Gasteiger partial charge in [-0.05, 0) is 61.4 Å². The number of sulfonamides is 1. The molecule has 3 aromatic carbocycles. The monoisotopic (exact) mass is 451 g/mol. The van der Waals surface area contributed by atoms with Gasteiger partial charge in [-0.15, -0.1) is 0 Å². The van der Waals surface area contributed by atoms with Gasteiger partial charge in [-0.3, -0.25) is 9.59 Å². The van der Waals surface area contributed by atoms with Gasteiger partial charge in [0.15, 0.2) is 0 Å². The predicted octanol–water partition coefficient (Wildman–Crippen LogP) is 3.73. The van der Waals surface area contributed by atoms with E-state index in [1.807, 2.05) is 13.0 Å². The first-order valence-corrected chi connectivity index (χ1v) is 11.5. The number of anilines is 1. The number of amides is 2. The summed E-state index contributed by atoms with van der Waals surface area (Å²) in [5.41, 5.74) is 2.92. The van der Waals surface area contributed by atoms with Gasteiger partial charge in [0.2, 0.25) is 10.0 Å². The highest BCUT2D eigenvalue weighted by atomic mass is 32.2. The molecule has 3 N–H and O–H groups in total. The summed E-state index contributed by atoms with van der Waals surface area (Å²) in [4.78, 5) is 27.2. The number of hydrogen-bond donors (Lipinski definition) is 2. The van der Waals surface area contributed by atoms with Crippen LogP contribution in [-0.4, -0.2) is 32.2 Å². The number of hydrogen-bond acceptors (Lipinski definition) is 4. The van der Waals surface area contributed by atoms with E-state index in [0.29, 0.717) is 22.4 Å². The van der Waals surface area contributed by atoms with Crippen molar-refractivity contribution in [2.24, 2.45) is 5.14 Å². The highest BCUT2D eigenvalue weighted by molar-refractivity contribution is 7.89. The second-order valence-electron chi connectivity index (χ2n) is 7.56. The number of nitrogens with one attached hydrogen (secondary N) is 1. The molecule has 0 radical (unpaired) electrons. The number of rotatable bonds is 6. The largest absolute Gasteiger partial charge is 0.335 e. The molecule has 166 valence electrons. The van der Waals surface area contributed by atoms with E-state index >= 15 is 0 Å². The topological polar surface area (TPSA) is 110 Å². The Labute approximate surface area is 187 Å². The Bertz CT molecular complexity index is 1260. The third-order valence-corrected chi connectivity index (χ3v) is 6.25. The summed E-state index contributed by atoms with van der Waals surface area (Å²) < 4.78 is 23.3. The van der Waals surface area contributed by atoms with Crippen molar-refractivity contribution >= 4 is 27.5 Å².